The van der Waals surface area contributed by atoms with Gasteiger partial charge in [-0.3, -0.25) is 4.40 Å². The average molecular weight is 527 g/mol. The normalized spacial score (nSPS) is 12.3. The van der Waals surface area contributed by atoms with Gasteiger partial charge >= 0.3 is 0 Å². The summed E-state index contributed by atoms with van der Waals surface area (Å²) in [5.74, 6) is -0.0278. The lowest BCUT2D eigenvalue weighted by molar-refractivity contribution is 0.202. The summed E-state index contributed by atoms with van der Waals surface area (Å²) >= 11 is 12.7. The topological polar surface area (TPSA) is 62.5 Å². The molecular formula is C19H12Br2ClFN4O. The van der Waals surface area contributed by atoms with E-state index in [2.05, 4.69) is 47.1 Å². The second kappa shape index (κ2) is 7.79. The molecule has 3 aromatic heterocycles. The van der Waals surface area contributed by atoms with Crippen LogP contribution in [-0.2, 0) is 0 Å². The molecule has 1 aromatic carbocycles. The number of nitrogens with zero attached hydrogens (tertiary/aromatic N) is 3. The Balaban J connectivity index is 1.85. The Labute approximate surface area is 181 Å². The quantitative estimate of drug-likeness (QED) is 0.329. The SMILES string of the molecule is OC(Nc1ccc(Br)cn1)c1c(-c2ccc(F)c(Cl)c2)nc2ccc(Br)cn12. The number of aliphatic hydroxyl groups is 1. The fourth-order valence-electron chi connectivity index (χ4n) is 2.82. The third-order valence-corrected chi connectivity index (χ3v) is 5.31. The van der Waals surface area contributed by atoms with Crippen LogP contribution < -0.4 is 5.32 Å². The zero-order valence-corrected chi connectivity index (χ0v) is 18.0. The molecule has 0 aliphatic carbocycles. The highest BCUT2D eigenvalue weighted by Crippen LogP contribution is 2.32. The molecule has 0 amide bonds. The number of aromatic nitrogens is 3. The number of hydrogen-bond acceptors (Lipinski definition) is 4. The van der Waals surface area contributed by atoms with Gasteiger partial charge in [0.2, 0.25) is 0 Å². The van der Waals surface area contributed by atoms with Gasteiger partial charge in [-0.25, -0.2) is 14.4 Å². The molecule has 0 spiro atoms. The van der Waals surface area contributed by atoms with Gasteiger partial charge < -0.3 is 10.4 Å². The number of anilines is 1. The molecule has 0 fully saturated rings. The average Bonchev–Trinajstić information content (AvgIpc) is 3.04. The summed E-state index contributed by atoms with van der Waals surface area (Å²) in [6.45, 7) is 0. The molecule has 0 aliphatic rings. The van der Waals surface area contributed by atoms with Crippen LogP contribution in [0.25, 0.3) is 16.9 Å². The van der Waals surface area contributed by atoms with Crippen LogP contribution in [0.1, 0.15) is 11.9 Å². The van der Waals surface area contributed by atoms with Crippen molar-refractivity contribution in [3.63, 3.8) is 0 Å². The van der Waals surface area contributed by atoms with Crippen molar-refractivity contribution in [2.24, 2.45) is 0 Å². The maximum Gasteiger partial charge on any atom is 0.169 e. The Morgan fingerprint density at radius 3 is 2.61 bits per heavy atom. The van der Waals surface area contributed by atoms with Crippen molar-refractivity contribution in [1.29, 1.82) is 0 Å². The minimum atomic E-state index is -1.13. The number of imidazole rings is 1. The fourth-order valence-corrected chi connectivity index (χ4v) is 3.58. The second-order valence-electron chi connectivity index (χ2n) is 5.96. The summed E-state index contributed by atoms with van der Waals surface area (Å²) in [6.07, 6.45) is 2.30. The lowest BCUT2D eigenvalue weighted by Crippen LogP contribution is -2.14. The van der Waals surface area contributed by atoms with Crippen molar-refractivity contribution in [2.75, 3.05) is 5.32 Å². The first-order valence-corrected chi connectivity index (χ1v) is 10.1. The summed E-state index contributed by atoms with van der Waals surface area (Å²) in [5, 5.41) is 13.9. The number of fused-ring (bicyclic) bond motifs is 1. The van der Waals surface area contributed by atoms with Crippen LogP contribution in [0.5, 0.6) is 0 Å². The molecule has 2 N–H and O–H groups in total. The first kappa shape index (κ1) is 19.3. The van der Waals surface area contributed by atoms with E-state index in [4.69, 9.17) is 11.6 Å². The van der Waals surface area contributed by atoms with Crippen molar-refractivity contribution >= 4 is 54.9 Å². The van der Waals surface area contributed by atoms with E-state index >= 15 is 0 Å². The number of benzene rings is 1. The molecule has 9 heteroatoms. The second-order valence-corrected chi connectivity index (χ2v) is 8.20. The molecule has 0 aliphatic heterocycles. The van der Waals surface area contributed by atoms with Crippen LogP contribution in [-0.4, -0.2) is 19.5 Å². The van der Waals surface area contributed by atoms with Gasteiger partial charge in [-0.1, -0.05) is 11.6 Å². The van der Waals surface area contributed by atoms with Crippen molar-refractivity contribution in [3.8, 4) is 11.3 Å². The van der Waals surface area contributed by atoms with Crippen molar-refractivity contribution in [2.45, 2.75) is 6.23 Å². The zero-order chi connectivity index (χ0) is 19.8. The van der Waals surface area contributed by atoms with Crippen LogP contribution in [0.15, 0.2) is 63.8 Å². The van der Waals surface area contributed by atoms with Crippen LogP contribution in [0.3, 0.4) is 0 Å². The summed E-state index contributed by atoms with van der Waals surface area (Å²) in [5.41, 5.74) is 2.17. The van der Waals surface area contributed by atoms with E-state index in [9.17, 15) is 9.50 Å². The molecule has 4 aromatic rings. The summed E-state index contributed by atoms with van der Waals surface area (Å²) in [7, 11) is 0. The van der Waals surface area contributed by atoms with Crippen LogP contribution in [0.4, 0.5) is 10.2 Å². The summed E-state index contributed by atoms with van der Waals surface area (Å²) in [6, 6.07) is 11.6. The zero-order valence-electron chi connectivity index (χ0n) is 14.1. The number of hydrogen-bond donors (Lipinski definition) is 2. The van der Waals surface area contributed by atoms with Crippen molar-refractivity contribution in [1.82, 2.24) is 14.4 Å². The minimum Gasteiger partial charge on any atom is -0.368 e. The molecular weight excluding hydrogens is 514 g/mol. The molecule has 0 radical (unpaired) electrons. The molecule has 0 saturated heterocycles. The van der Waals surface area contributed by atoms with Gasteiger partial charge in [0.15, 0.2) is 6.23 Å². The van der Waals surface area contributed by atoms with E-state index in [1.54, 1.807) is 28.9 Å². The number of nitrogens with one attached hydrogen (secondary N) is 1. The van der Waals surface area contributed by atoms with Crippen LogP contribution in [0, 0.1) is 5.82 Å². The lowest BCUT2D eigenvalue weighted by atomic mass is 10.1. The highest BCUT2D eigenvalue weighted by atomic mass is 79.9. The van der Waals surface area contributed by atoms with E-state index in [0.29, 0.717) is 28.4 Å². The largest absolute Gasteiger partial charge is 0.368 e. The number of aliphatic hydroxyl groups excluding tert-OH is 1. The van der Waals surface area contributed by atoms with E-state index in [0.717, 1.165) is 8.95 Å². The molecule has 1 unspecified atom stereocenters. The first-order chi connectivity index (χ1) is 13.4. The molecule has 0 bridgehead atoms. The van der Waals surface area contributed by atoms with E-state index in [1.165, 1.54) is 12.1 Å². The smallest absolute Gasteiger partial charge is 0.169 e. The van der Waals surface area contributed by atoms with Gasteiger partial charge in [-0.05, 0) is 74.3 Å². The third kappa shape index (κ3) is 3.77. The number of pyridine rings is 2. The monoisotopic (exact) mass is 524 g/mol. The van der Waals surface area contributed by atoms with Crippen molar-refractivity contribution in [3.05, 3.63) is 80.3 Å². The van der Waals surface area contributed by atoms with Gasteiger partial charge in [0, 0.05) is 26.9 Å². The predicted octanol–water partition coefficient (Wildman–Crippen LogP) is 5.82. The Morgan fingerprint density at radius 1 is 1.11 bits per heavy atom. The third-order valence-electron chi connectivity index (χ3n) is 4.08. The van der Waals surface area contributed by atoms with Gasteiger partial charge in [0.25, 0.3) is 0 Å². The van der Waals surface area contributed by atoms with Gasteiger partial charge in [-0.15, -0.1) is 0 Å². The standard InChI is InChI=1S/C19H12Br2ClFN4O/c20-11-2-5-15(24-8-11)25-19(28)18-17(10-1-4-14(23)13(22)7-10)26-16-6-3-12(21)9-27(16)18/h1-9,19,28H,(H,24,25). The molecule has 3 heterocycles. The molecule has 0 saturated carbocycles. The van der Waals surface area contributed by atoms with E-state index in [1.807, 2.05) is 18.2 Å². The molecule has 142 valence electrons. The van der Waals surface area contributed by atoms with Gasteiger partial charge in [0.05, 0.1) is 16.4 Å². The number of rotatable bonds is 4. The minimum absolute atomic E-state index is 0.0151. The molecule has 1 atom stereocenters. The Morgan fingerprint density at radius 2 is 1.89 bits per heavy atom. The molecule has 4 rings (SSSR count). The first-order valence-electron chi connectivity index (χ1n) is 8.11. The highest BCUT2D eigenvalue weighted by Gasteiger charge is 2.22. The van der Waals surface area contributed by atoms with Crippen molar-refractivity contribution < 1.29 is 9.50 Å². The predicted molar refractivity (Wildman–Crippen MR) is 114 cm³/mol. The molecule has 28 heavy (non-hydrogen) atoms. The van der Waals surface area contributed by atoms with Crippen LogP contribution >= 0.6 is 43.5 Å². The summed E-state index contributed by atoms with van der Waals surface area (Å²) in [4.78, 5) is 8.83. The molecule has 5 nitrogen and oxygen atoms in total. The fraction of sp³-hybridized carbons (Fsp3) is 0.0526. The Bertz CT molecular complexity index is 1170. The Kier molecular flexibility index (Phi) is 5.37. The van der Waals surface area contributed by atoms with E-state index < -0.39 is 12.0 Å². The number of halogens is 4. The van der Waals surface area contributed by atoms with Crippen LogP contribution in [0.2, 0.25) is 5.02 Å². The van der Waals surface area contributed by atoms with E-state index in [-0.39, 0.29) is 5.02 Å². The highest BCUT2D eigenvalue weighted by molar-refractivity contribution is 9.10. The Hall–Kier alpha value is -2.00. The summed E-state index contributed by atoms with van der Waals surface area (Å²) < 4.78 is 17.0. The lowest BCUT2D eigenvalue weighted by Gasteiger charge is -2.15. The maximum absolute atomic E-state index is 13.6. The maximum atomic E-state index is 13.6. The van der Waals surface area contributed by atoms with Gasteiger partial charge in [0.1, 0.15) is 17.3 Å². The van der Waals surface area contributed by atoms with Gasteiger partial charge in [-0.2, -0.15) is 0 Å².